The van der Waals surface area contributed by atoms with E-state index in [9.17, 15) is 13.6 Å². The first-order valence-corrected chi connectivity index (χ1v) is 9.75. The fourth-order valence-electron chi connectivity index (χ4n) is 3.78. The third kappa shape index (κ3) is 4.50. The van der Waals surface area contributed by atoms with Crippen molar-refractivity contribution in [2.75, 3.05) is 13.1 Å². The molecule has 150 valence electrons. The van der Waals surface area contributed by atoms with Crippen LogP contribution in [0.3, 0.4) is 0 Å². The highest BCUT2D eigenvalue weighted by molar-refractivity contribution is 5.94. The number of rotatable bonds is 5. The highest BCUT2D eigenvalue weighted by Gasteiger charge is 2.26. The minimum absolute atomic E-state index is 0.203. The van der Waals surface area contributed by atoms with Crippen LogP contribution in [0.5, 0.6) is 0 Å². The van der Waals surface area contributed by atoms with Gasteiger partial charge in [0.15, 0.2) is 0 Å². The molecule has 1 aromatic heterocycles. The van der Waals surface area contributed by atoms with E-state index in [1.807, 2.05) is 18.2 Å². The van der Waals surface area contributed by atoms with Crippen LogP contribution in [0.2, 0.25) is 0 Å². The molecule has 0 radical (unpaired) electrons. The van der Waals surface area contributed by atoms with Crippen LogP contribution in [0.4, 0.5) is 8.78 Å². The summed E-state index contributed by atoms with van der Waals surface area (Å²) in [7, 11) is 0. The number of hydrogen-bond donors (Lipinski definition) is 0. The van der Waals surface area contributed by atoms with Crippen LogP contribution in [0.25, 0.3) is 0 Å². The maximum absolute atomic E-state index is 13.9. The van der Waals surface area contributed by atoms with Crippen molar-refractivity contribution in [3.05, 3.63) is 83.4 Å². The van der Waals surface area contributed by atoms with Gasteiger partial charge in [-0.1, -0.05) is 30.3 Å². The largest absolute Gasteiger partial charge is 0.339 e. The lowest BCUT2D eigenvalue weighted by molar-refractivity contribution is 0.0684. The van der Waals surface area contributed by atoms with E-state index >= 15 is 0 Å². The molecule has 1 aliphatic rings. The number of likely N-dealkylation sites (tertiary alicyclic amines) is 1. The minimum Gasteiger partial charge on any atom is -0.339 e. The number of carbonyl (C=O) groups excluding carboxylic acids is 1. The van der Waals surface area contributed by atoms with Gasteiger partial charge < -0.3 is 9.47 Å². The van der Waals surface area contributed by atoms with E-state index in [2.05, 4.69) is 26.9 Å². The van der Waals surface area contributed by atoms with E-state index in [0.29, 0.717) is 19.0 Å². The highest BCUT2D eigenvalue weighted by Crippen LogP contribution is 2.23. The third-order valence-corrected chi connectivity index (χ3v) is 5.42. The first kappa shape index (κ1) is 19.2. The molecule has 4 rings (SSSR count). The van der Waals surface area contributed by atoms with Crippen molar-refractivity contribution in [1.82, 2.24) is 19.7 Å². The van der Waals surface area contributed by atoms with E-state index in [0.717, 1.165) is 49.8 Å². The topological polar surface area (TPSA) is 51.0 Å². The number of halogens is 2. The Labute approximate surface area is 168 Å². The smallest absolute Gasteiger partial charge is 0.256 e. The predicted octanol–water partition coefficient (Wildman–Crippen LogP) is 3.70. The Bertz CT molecular complexity index is 981. The van der Waals surface area contributed by atoms with E-state index in [1.54, 1.807) is 11.2 Å². The van der Waals surface area contributed by atoms with Gasteiger partial charge >= 0.3 is 0 Å². The SMILES string of the molecule is O=C(c1cc(F)ccc1F)N1CCC(Cc2nncn2Cc2ccccc2)CC1. The third-order valence-electron chi connectivity index (χ3n) is 5.42. The van der Waals surface area contributed by atoms with Gasteiger partial charge in [0.05, 0.1) is 12.1 Å². The second kappa shape index (κ2) is 8.51. The molecule has 2 heterocycles. The van der Waals surface area contributed by atoms with Crippen LogP contribution in [0.15, 0.2) is 54.9 Å². The van der Waals surface area contributed by atoms with Crippen LogP contribution in [-0.4, -0.2) is 38.7 Å². The monoisotopic (exact) mass is 396 g/mol. The number of aromatic nitrogens is 3. The quantitative estimate of drug-likeness (QED) is 0.661. The van der Waals surface area contributed by atoms with E-state index in [1.165, 1.54) is 5.56 Å². The standard InChI is InChI=1S/C22H22F2N4O/c23-18-6-7-20(24)19(13-18)22(29)27-10-8-16(9-11-27)12-21-26-25-15-28(21)14-17-4-2-1-3-5-17/h1-7,13,15-16H,8-12,14H2. The normalized spacial score (nSPS) is 14.9. The molecule has 0 N–H and O–H groups in total. The average molecular weight is 396 g/mol. The molecule has 0 saturated carbocycles. The summed E-state index contributed by atoms with van der Waals surface area (Å²) in [5.74, 6) is -0.451. The minimum atomic E-state index is -0.687. The van der Waals surface area contributed by atoms with Gasteiger partial charge in [0.1, 0.15) is 23.8 Å². The summed E-state index contributed by atoms with van der Waals surface area (Å²) in [4.78, 5) is 14.1. The molecule has 1 amide bonds. The summed E-state index contributed by atoms with van der Waals surface area (Å²) in [6.45, 7) is 1.76. The Morgan fingerprint density at radius 1 is 1.07 bits per heavy atom. The zero-order valence-corrected chi connectivity index (χ0v) is 16.0. The van der Waals surface area contributed by atoms with Gasteiger partial charge in [0, 0.05) is 19.5 Å². The van der Waals surface area contributed by atoms with Crippen LogP contribution in [-0.2, 0) is 13.0 Å². The number of benzene rings is 2. The molecule has 5 nitrogen and oxygen atoms in total. The Balaban J connectivity index is 1.36. The summed E-state index contributed by atoms with van der Waals surface area (Å²) < 4.78 is 29.3. The van der Waals surface area contributed by atoms with Gasteiger partial charge in [0.25, 0.3) is 5.91 Å². The van der Waals surface area contributed by atoms with E-state index in [4.69, 9.17) is 0 Å². The van der Waals surface area contributed by atoms with E-state index in [-0.39, 0.29) is 5.56 Å². The zero-order valence-electron chi connectivity index (χ0n) is 16.0. The molecule has 0 aliphatic carbocycles. The molecule has 1 saturated heterocycles. The van der Waals surface area contributed by atoms with Crippen molar-refractivity contribution < 1.29 is 13.6 Å². The van der Waals surface area contributed by atoms with Gasteiger partial charge in [-0.2, -0.15) is 0 Å². The van der Waals surface area contributed by atoms with Crippen LogP contribution in [0, 0.1) is 17.6 Å². The van der Waals surface area contributed by atoms with Crippen molar-refractivity contribution >= 4 is 5.91 Å². The van der Waals surface area contributed by atoms with Crippen LogP contribution >= 0.6 is 0 Å². The first-order chi connectivity index (χ1) is 14.1. The number of amides is 1. The Kier molecular flexibility index (Phi) is 5.64. The molecule has 7 heteroatoms. The molecule has 0 spiro atoms. The summed E-state index contributed by atoms with van der Waals surface area (Å²) in [6.07, 6.45) is 4.11. The average Bonchev–Trinajstić information content (AvgIpc) is 3.17. The number of carbonyl (C=O) groups is 1. The van der Waals surface area contributed by atoms with Crippen LogP contribution < -0.4 is 0 Å². The molecule has 0 unspecified atom stereocenters. The highest BCUT2D eigenvalue weighted by atomic mass is 19.1. The second-order valence-corrected chi connectivity index (χ2v) is 7.42. The lowest BCUT2D eigenvalue weighted by Gasteiger charge is -2.32. The Morgan fingerprint density at radius 2 is 1.83 bits per heavy atom. The predicted molar refractivity (Wildman–Crippen MR) is 104 cm³/mol. The summed E-state index contributed by atoms with van der Waals surface area (Å²) in [5, 5.41) is 8.33. The molecule has 29 heavy (non-hydrogen) atoms. The lowest BCUT2D eigenvalue weighted by Crippen LogP contribution is -2.39. The van der Waals surface area contributed by atoms with Crippen molar-refractivity contribution in [2.24, 2.45) is 5.92 Å². The molecule has 0 bridgehead atoms. The van der Waals surface area contributed by atoms with Crippen LogP contribution in [0.1, 0.15) is 34.6 Å². The van der Waals surface area contributed by atoms with Crippen molar-refractivity contribution in [3.63, 3.8) is 0 Å². The molecule has 0 atom stereocenters. The van der Waals surface area contributed by atoms with Gasteiger partial charge in [0.2, 0.25) is 0 Å². The molecular formula is C22H22F2N4O. The second-order valence-electron chi connectivity index (χ2n) is 7.42. The lowest BCUT2D eigenvalue weighted by atomic mass is 9.92. The molecule has 1 fully saturated rings. The maximum atomic E-state index is 13.9. The molecule has 1 aliphatic heterocycles. The number of hydrogen-bond acceptors (Lipinski definition) is 3. The Hall–Kier alpha value is -3.09. The fraction of sp³-hybridized carbons (Fsp3) is 0.318. The molecular weight excluding hydrogens is 374 g/mol. The zero-order chi connectivity index (χ0) is 20.2. The summed E-state index contributed by atoms with van der Waals surface area (Å²) >= 11 is 0. The van der Waals surface area contributed by atoms with Gasteiger partial charge in [-0.05, 0) is 42.5 Å². The Morgan fingerprint density at radius 3 is 2.59 bits per heavy atom. The first-order valence-electron chi connectivity index (χ1n) is 9.75. The van der Waals surface area contributed by atoms with Crippen molar-refractivity contribution in [3.8, 4) is 0 Å². The number of piperidine rings is 1. The fourth-order valence-corrected chi connectivity index (χ4v) is 3.78. The summed E-state index contributed by atoms with van der Waals surface area (Å²) in [5.41, 5.74) is 0.983. The number of nitrogens with zero attached hydrogens (tertiary/aromatic N) is 4. The molecule has 3 aromatic rings. The van der Waals surface area contributed by atoms with Gasteiger partial charge in [-0.3, -0.25) is 4.79 Å². The maximum Gasteiger partial charge on any atom is 0.256 e. The van der Waals surface area contributed by atoms with Gasteiger partial charge in [-0.25, -0.2) is 8.78 Å². The van der Waals surface area contributed by atoms with Crippen molar-refractivity contribution in [2.45, 2.75) is 25.8 Å². The van der Waals surface area contributed by atoms with E-state index < -0.39 is 17.5 Å². The van der Waals surface area contributed by atoms with Gasteiger partial charge in [-0.15, -0.1) is 10.2 Å². The summed E-state index contributed by atoms with van der Waals surface area (Å²) in [6, 6.07) is 13.1. The molecule has 2 aromatic carbocycles. The van der Waals surface area contributed by atoms with Crippen molar-refractivity contribution in [1.29, 1.82) is 0 Å².